The minimum absolute atomic E-state index is 0.150. The SMILES string of the molecule is COC(=O)[C@H]1C(=O)C=CCC1(C)C. The molecule has 0 aromatic rings. The average molecular weight is 182 g/mol. The van der Waals surface area contributed by atoms with Crippen LogP contribution in [0.2, 0.25) is 0 Å². The van der Waals surface area contributed by atoms with Gasteiger partial charge in [0, 0.05) is 0 Å². The minimum atomic E-state index is -0.637. The lowest BCUT2D eigenvalue weighted by molar-refractivity contribution is -0.153. The van der Waals surface area contributed by atoms with Crippen molar-refractivity contribution in [1.29, 1.82) is 0 Å². The Hall–Kier alpha value is -1.12. The van der Waals surface area contributed by atoms with Gasteiger partial charge in [-0.2, -0.15) is 0 Å². The molecule has 0 heterocycles. The zero-order valence-corrected chi connectivity index (χ0v) is 8.16. The molecular weight excluding hydrogens is 168 g/mol. The van der Waals surface area contributed by atoms with Crippen molar-refractivity contribution in [3.63, 3.8) is 0 Å². The second-order valence-electron chi connectivity index (χ2n) is 3.95. The number of carbonyl (C=O) groups is 2. The molecule has 1 atom stereocenters. The summed E-state index contributed by atoms with van der Waals surface area (Å²) in [4.78, 5) is 22.7. The Morgan fingerprint density at radius 1 is 1.62 bits per heavy atom. The van der Waals surface area contributed by atoms with Crippen LogP contribution in [0.1, 0.15) is 20.3 Å². The summed E-state index contributed by atoms with van der Waals surface area (Å²) in [5.74, 6) is -1.22. The van der Waals surface area contributed by atoms with Crippen LogP contribution in [0.3, 0.4) is 0 Å². The Kier molecular flexibility index (Phi) is 2.55. The highest BCUT2D eigenvalue weighted by atomic mass is 16.5. The number of ether oxygens (including phenoxy) is 1. The third-order valence-corrected chi connectivity index (χ3v) is 2.43. The summed E-state index contributed by atoms with van der Waals surface area (Å²) in [5.41, 5.74) is -0.321. The Balaban J connectivity index is 2.96. The molecule has 0 fully saturated rings. The molecule has 1 rings (SSSR count). The molecule has 1 aliphatic carbocycles. The van der Waals surface area contributed by atoms with Crippen LogP contribution in [-0.2, 0) is 14.3 Å². The lowest BCUT2D eigenvalue weighted by Crippen LogP contribution is -2.39. The first-order valence-corrected chi connectivity index (χ1v) is 4.27. The second-order valence-corrected chi connectivity index (χ2v) is 3.95. The van der Waals surface area contributed by atoms with E-state index in [1.54, 1.807) is 0 Å². The normalized spacial score (nSPS) is 25.8. The zero-order chi connectivity index (χ0) is 10.1. The number of hydrogen-bond donors (Lipinski definition) is 0. The molecule has 0 saturated carbocycles. The molecule has 0 bridgehead atoms. The minimum Gasteiger partial charge on any atom is -0.468 e. The number of allylic oxidation sites excluding steroid dienone is 2. The van der Waals surface area contributed by atoms with Crippen molar-refractivity contribution in [3.05, 3.63) is 12.2 Å². The van der Waals surface area contributed by atoms with Gasteiger partial charge >= 0.3 is 5.97 Å². The van der Waals surface area contributed by atoms with Crippen LogP contribution in [-0.4, -0.2) is 18.9 Å². The summed E-state index contributed by atoms with van der Waals surface area (Å²) in [6.45, 7) is 3.80. The zero-order valence-electron chi connectivity index (χ0n) is 8.16. The van der Waals surface area contributed by atoms with Gasteiger partial charge < -0.3 is 4.74 Å². The van der Waals surface area contributed by atoms with Crippen LogP contribution in [0.15, 0.2) is 12.2 Å². The van der Waals surface area contributed by atoms with Crippen LogP contribution in [0.25, 0.3) is 0 Å². The van der Waals surface area contributed by atoms with Crippen LogP contribution in [0, 0.1) is 11.3 Å². The molecule has 0 radical (unpaired) electrons. The smallest absolute Gasteiger partial charge is 0.317 e. The highest BCUT2D eigenvalue weighted by molar-refractivity contribution is 6.06. The maximum atomic E-state index is 11.4. The predicted molar refractivity (Wildman–Crippen MR) is 48.1 cm³/mol. The number of carbonyl (C=O) groups excluding carboxylic acids is 2. The molecule has 0 N–H and O–H groups in total. The van der Waals surface area contributed by atoms with Crippen molar-refractivity contribution in [1.82, 2.24) is 0 Å². The third kappa shape index (κ3) is 1.79. The van der Waals surface area contributed by atoms with E-state index in [1.807, 2.05) is 19.9 Å². The molecule has 0 amide bonds. The van der Waals surface area contributed by atoms with Crippen molar-refractivity contribution >= 4 is 11.8 Å². The van der Waals surface area contributed by atoms with E-state index in [0.29, 0.717) is 0 Å². The highest BCUT2D eigenvalue weighted by Gasteiger charge is 2.41. The predicted octanol–water partition coefficient (Wildman–Crippen LogP) is 1.33. The average Bonchev–Trinajstić information content (AvgIpc) is 2.02. The van der Waals surface area contributed by atoms with Gasteiger partial charge in [-0.3, -0.25) is 9.59 Å². The molecule has 0 saturated heterocycles. The molecule has 3 nitrogen and oxygen atoms in total. The van der Waals surface area contributed by atoms with E-state index in [1.165, 1.54) is 13.2 Å². The van der Waals surface area contributed by atoms with Crippen LogP contribution in [0.4, 0.5) is 0 Å². The molecule has 1 aliphatic rings. The van der Waals surface area contributed by atoms with E-state index >= 15 is 0 Å². The summed E-state index contributed by atoms with van der Waals surface area (Å²) in [5, 5.41) is 0. The lowest BCUT2D eigenvalue weighted by atomic mass is 9.71. The van der Waals surface area contributed by atoms with Gasteiger partial charge in [-0.1, -0.05) is 19.9 Å². The monoisotopic (exact) mass is 182 g/mol. The van der Waals surface area contributed by atoms with Crippen molar-refractivity contribution in [2.75, 3.05) is 7.11 Å². The highest BCUT2D eigenvalue weighted by Crippen LogP contribution is 2.35. The van der Waals surface area contributed by atoms with Gasteiger partial charge in [0.1, 0.15) is 5.92 Å². The Morgan fingerprint density at radius 2 is 2.23 bits per heavy atom. The number of methoxy groups -OCH3 is 1. The van der Waals surface area contributed by atoms with E-state index in [4.69, 9.17) is 0 Å². The molecule has 72 valence electrons. The quantitative estimate of drug-likeness (QED) is 0.454. The van der Waals surface area contributed by atoms with E-state index in [0.717, 1.165) is 6.42 Å². The molecule has 13 heavy (non-hydrogen) atoms. The van der Waals surface area contributed by atoms with Crippen molar-refractivity contribution in [3.8, 4) is 0 Å². The van der Waals surface area contributed by atoms with Gasteiger partial charge in [-0.15, -0.1) is 0 Å². The van der Waals surface area contributed by atoms with E-state index in [9.17, 15) is 9.59 Å². The van der Waals surface area contributed by atoms with Gasteiger partial charge in [0.25, 0.3) is 0 Å². The summed E-state index contributed by atoms with van der Waals surface area (Å²) >= 11 is 0. The fourth-order valence-electron chi connectivity index (χ4n) is 1.63. The maximum absolute atomic E-state index is 11.4. The summed E-state index contributed by atoms with van der Waals surface area (Å²) < 4.78 is 4.60. The first-order chi connectivity index (χ1) is 5.99. The molecule has 0 aromatic heterocycles. The lowest BCUT2D eigenvalue weighted by Gasteiger charge is -2.32. The van der Waals surface area contributed by atoms with Crippen molar-refractivity contribution < 1.29 is 14.3 Å². The number of ketones is 1. The molecule has 0 spiro atoms. The standard InChI is InChI=1S/C10H14O3/c1-10(2)6-4-5-7(11)8(10)9(12)13-3/h4-5,8H,6H2,1-3H3/t8-/m1/s1. The van der Waals surface area contributed by atoms with E-state index in [2.05, 4.69) is 4.74 Å². The third-order valence-electron chi connectivity index (χ3n) is 2.43. The molecule has 3 heteroatoms. The maximum Gasteiger partial charge on any atom is 0.317 e. The van der Waals surface area contributed by atoms with Crippen LogP contribution < -0.4 is 0 Å². The Morgan fingerprint density at radius 3 is 2.69 bits per heavy atom. The first kappa shape index (κ1) is 9.96. The molecule has 0 aromatic carbocycles. The summed E-state index contributed by atoms with van der Waals surface area (Å²) in [6, 6.07) is 0. The first-order valence-electron chi connectivity index (χ1n) is 4.27. The second kappa shape index (κ2) is 3.32. The summed E-state index contributed by atoms with van der Waals surface area (Å²) in [7, 11) is 1.31. The molecule has 0 aliphatic heterocycles. The van der Waals surface area contributed by atoms with Gasteiger partial charge in [0.15, 0.2) is 5.78 Å². The Bertz CT molecular complexity index is 263. The van der Waals surface area contributed by atoms with Gasteiger partial charge in [-0.05, 0) is 17.9 Å². The van der Waals surface area contributed by atoms with Crippen molar-refractivity contribution in [2.24, 2.45) is 11.3 Å². The van der Waals surface area contributed by atoms with Gasteiger partial charge in [0.2, 0.25) is 0 Å². The topological polar surface area (TPSA) is 43.4 Å². The van der Waals surface area contributed by atoms with Crippen molar-refractivity contribution in [2.45, 2.75) is 20.3 Å². The molecular formula is C10H14O3. The van der Waals surface area contributed by atoms with E-state index in [-0.39, 0.29) is 11.2 Å². The fourth-order valence-corrected chi connectivity index (χ4v) is 1.63. The Labute approximate surface area is 77.8 Å². The largest absolute Gasteiger partial charge is 0.468 e. The number of rotatable bonds is 1. The molecule has 0 unspecified atom stereocenters. The summed E-state index contributed by atoms with van der Waals surface area (Å²) in [6.07, 6.45) is 4.01. The van der Waals surface area contributed by atoms with E-state index < -0.39 is 11.9 Å². The number of hydrogen-bond acceptors (Lipinski definition) is 3. The van der Waals surface area contributed by atoms with Gasteiger partial charge in [0.05, 0.1) is 7.11 Å². The fraction of sp³-hybridized carbons (Fsp3) is 0.600. The van der Waals surface area contributed by atoms with Gasteiger partial charge in [-0.25, -0.2) is 0 Å². The van der Waals surface area contributed by atoms with Crippen LogP contribution >= 0.6 is 0 Å². The van der Waals surface area contributed by atoms with Crippen LogP contribution in [0.5, 0.6) is 0 Å². The number of esters is 1.